The number of halogens is 1. The van der Waals surface area contributed by atoms with Crippen molar-refractivity contribution in [3.8, 4) is 5.75 Å². The third-order valence-electron chi connectivity index (χ3n) is 2.71. The molecule has 0 fully saturated rings. The van der Waals surface area contributed by atoms with Gasteiger partial charge >= 0.3 is 0 Å². The minimum Gasteiger partial charge on any atom is -0.491 e. The lowest BCUT2D eigenvalue weighted by atomic mass is 10.0. The van der Waals surface area contributed by atoms with Crippen LogP contribution in [0.2, 0.25) is 5.22 Å². The summed E-state index contributed by atoms with van der Waals surface area (Å²) in [6.45, 7) is 3.98. The first-order valence-electron chi connectivity index (χ1n) is 6.07. The van der Waals surface area contributed by atoms with Crippen LogP contribution < -0.4 is 16.0 Å². The van der Waals surface area contributed by atoms with E-state index in [1.807, 2.05) is 38.1 Å². The van der Waals surface area contributed by atoms with Crippen LogP contribution in [0.25, 0.3) is 0 Å². The second-order valence-electron chi connectivity index (χ2n) is 4.48. The van der Waals surface area contributed by atoms with Crippen molar-refractivity contribution >= 4 is 11.6 Å². The number of rotatable bonds is 5. The summed E-state index contributed by atoms with van der Waals surface area (Å²) >= 11 is 5.98. The number of hydrogen-bond acceptors (Lipinski definition) is 4. The van der Waals surface area contributed by atoms with E-state index in [1.165, 1.54) is 6.26 Å². The fourth-order valence-electron chi connectivity index (χ4n) is 1.89. The van der Waals surface area contributed by atoms with Gasteiger partial charge in [-0.05, 0) is 49.2 Å². The average molecular weight is 281 g/mol. The summed E-state index contributed by atoms with van der Waals surface area (Å²) < 4.78 is 10.7. The Morgan fingerprint density at radius 3 is 2.37 bits per heavy atom. The molecule has 102 valence electrons. The number of nitrogens with one attached hydrogen (secondary N) is 1. The van der Waals surface area contributed by atoms with Gasteiger partial charge in [-0.1, -0.05) is 12.1 Å². The lowest BCUT2D eigenvalue weighted by molar-refractivity contribution is 0.242. The molecule has 0 spiro atoms. The summed E-state index contributed by atoms with van der Waals surface area (Å²) in [4.78, 5) is 0. The van der Waals surface area contributed by atoms with E-state index < -0.39 is 0 Å². The SMILES string of the molecule is CC(C)Oc1ccc(C(NN)c2ccoc2Cl)cc1. The van der Waals surface area contributed by atoms with Crippen LogP contribution in [0.15, 0.2) is 41.0 Å². The van der Waals surface area contributed by atoms with Crippen LogP contribution in [0.1, 0.15) is 31.0 Å². The Bertz CT molecular complexity index is 522. The van der Waals surface area contributed by atoms with Gasteiger partial charge in [0.1, 0.15) is 5.75 Å². The van der Waals surface area contributed by atoms with Crippen molar-refractivity contribution in [2.75, 3.05) is 0 Å². The van der Waals surface area contributed by atoms with Gasteiger partial charge in [0, 0.05) is 5.56 Å². The minimum atomic E-state index is -0.209. The van der Waals surface area contributed by atoms with Crippen LogP contribution >= 0.6 is 11.6 Å². The summed E-state index contributed by atoms with van der Waals surface area (Å²) in [7, 11) is 0. The molecule has 0 aliphatic rings. The van der Waals surface area contributed by atoms with Crippen molar-refractivity contribution in [2.45, 2.75) is 26.0 Å². The van der Waals surface area contributed by atoms with Crippen LogP contribution in [-0.2, 0) is 0 Å². The fourth-order valence-corrected chi connectivity index (χ4v) is 2.11. The molecule has 1 atom stereocenters. The Morgan fingerprint density at radius 1 is 1.21 bits per heavy atom. The molecule has 0 aliphatic heterocycles. The first kappa shape index (κ1) is 13.9. The molecule has 0 bridgehead atoms. The van der Waals surface area contributed by atoms with Gasteiger partial charge in [-0.25, -0.2) is 5.43 Å². The standard InChI is InChI=1S/C14H17ClN2O2/c1-9(2)19-11-5-3-10(4-6-11)13(17-16)12-7-8-18-14(12)15/h3-9,13,17H,16H2,1-2H3. The van der Waals surface area contributed by atoms with Gasteiger partial charge in [0.15, 0.2) is 5.22 Å². The first-order chi connectivity index (χ1) is 9.11. The summed E-state index contributed by atoms with van der Waals surface area (Å²) in [5.74, 6) is 6.43. The molecule has 1 aromatic carbocycles. The molecule has 3 N–H and O–H groups in total. The van der Waals surface area contributed by atoms with Crippen molar-refractivity contribution < 1.29 is 9.15 Å². The lowest BCUT2D eigenvalue weighted by Gasteiger charge is -2.16. The van der Waals surface area contributed by atoms with E-state index in [4.69, 9.17) is 26.6 Å². The molecule has 1 unspecified atom stereocenters. The highest BCUT2D eigenvalue weighted by Gasteiger charge is 2.17. The summed E-state index contributed by atoms with van der Waals surface area (Å²) in [5.41, 5.74) is 4.53. The van der Waals surface area contributed by atoms with E-state index in [1.54, 1.807) is 6.07 Å². The zero-order valence-corrected chi connectivity index (χ0v) is 11.6. The molecule has 2 aromatic rings. The molecule has 0 saturated heterocycles. The van der Waals surface area contributed by atoms with E-state index >= 15 is 0 Å². The second-order valence-corrected chi connectivity index (χ2v) is 4.83. The van der Waals surface area contributed by atoms with E-state index in [-0.39, 0.29) is 12.1 Å². The quantitative estimate of drug-likeness (QED) is 0.652. The maximum Gasteiger partial charge on any atom is 0.198 e. The number of furan rings is 1. The van der Waals surface area contributed by atoms with Gasteiger partial charge in [-0.3, -0.25) is 5.84 Å². The van der Waals surface area contributed by atoms with Crippen molar-refractivity contribution in [2.24, 2.45) is 5.84 Å². The molecule has 0 aliphatic carbocycles. The largest absolute Gasteiger partial charge is 0.491 e. The molecular formula is C14H17ClN2O2. The number of benzene rings is 1. The van der Waals surface area contributed by atoms with Crippen LogP contribution in [0, 0.1) is 0 Å². The van der Waals surface area contributed by atoms with Gasteiger partial charge in [0.2, 0.25) is 0 Å². The van der Waals surface area contributed by atoms with Crippen LogP contribution in [0.4, 0.5) is 0 Å². The average Bonchev–Trinajstić information content (AvgIpc) is 2.78. The van der Waals surface area contributed by atoms with Gasteiger partial charge in [-0.2, -0.15) is 0 Å². The number of nitrogens with two attached hydrogens (primary N) is 1. The van der Waals surface area contributed by atoms with Crippen LogP contribution in [-0.4, -0.2) is 6.10 Å². The number of hydrazine groups is 1. The monoisotopic (exact) mass is 280 g/mol. The maximum absolute atomic E-state index is 5.98. The summed E-state index contributed by atoms with van der Waals surface area (Å²) in [6, 6.07) is 9.31. The Labute approximate surface area is 117 Å². The van der Waals surface area contributed by atoms with Gasteiger partial charge in [0.05, 0.1) is 18.4 Å². The zero-order valence-electron chi connectivity index (χ0n) is 10.9. The molecule has 1 aromatic heterocycles. The summed E-state index contributed by atoms with van der Waals surface area (Å²) in [5, 5.41) is 0.338. The van der Waals surface area contributed by atoms with Crippen LogP contribution in [0.5, 0.6) is 5.75 Å². The maximum atomic E-state index is 5.98. The fraction of sp³-hybridized carbons (Fsp3) is 0.286. The highest BCUT2D eigenvalue weighted by molar-refractivity contribution is 6.29. The van der Waals surface area contributed by atoms with Crippen molar-refractivity contribution in [3.63, 3.8) is 0 Å². The highest BCUT2D eigenvalue weighted by atomic mass is 35.5. The Hall–Kier alpha value is -1.49. The molecule has 0 amide bonds. The first-order valence-corrected chi connectivity index (χ1v) is 6.45. The van der Waals surface area contributed by atoms with E-state index in [9.17, 15) is 0 Å². The van der Waals surface area contributed by atoms with Crippen LogP contribution in [0.3, 0.4) is 0 Å². The smallest absolute Gasteiger partial charge is 0.198 e. The third kappa shape index (κ3) is 3.29. The Kier molecular flexibility index (Phi) is 4.47. The van der Waals surface area contributed by atoms with Crippen molar-refractivity contribution in [1.29, 1.82) is 0 Å². The third-order valence-corrected chi connectivity index (χ3v) is 3.02. The van der Waals surface area contributed by atoms with Crippen molar-refractivity contribution in [1.82, 2.24) is 5.43 Å². The highest BCUT2D eigenvalue weighted by Crippen LogP contribution is 2.29. The molecule has 4 nitrogen and oxygen atoms in total. The molecule has 5 heteroatoms. The molecular weight excluding hydrogens is 264 g/mol. The molecule has 0 radical (unpaired) electrons. The van der Waals surface area contributed by atoms with E-state index in [0.29, 0.717) is 5.22 Å². The van der Waals surface area contributed by atoms with E-state index in [2.05, 4.69) is 5.43 Å². The van der Waals surface area contributed by atoms with Gasteiger partial charge < -0.3 is 9.15 Å². The Balaban J connectivity index is 2.22. The van der Waals surface area contributed by atoms with Crippen molar-refractivity contribution in [3.05, 3.63) is 52.9 Å². The predicted molar refractivity (Wildman–Crippen MR) is 75.1 cm³/mol. The molecule has 2 rings (SSSR count). The molecule has 1 heterocycles. The number of hydrogen-bond donors (Lipinski definition) is 2. The van der Waals surface area contributed by atoms with Gasteiger partial charge in [-0.15, -0.1) is 0 Å². The normalized spacial score (nSPS) is 12.7. The van der Waals surface area contributed by atoms with Gasteiger partial charge in [0.25, 0.3) is 0 Å². The molecule has 0 saturated carbocycles. The molecule has 19 heavy (non-hydrogen) atoms. The second kappa shape index (κ2) is 6.10. The number of ether oxygens (including phenoxy) is 1. The predicted octanol–water partition coefficient (Wildman–Crippen LogP) is 3.27. The summed E-state index contributed by atoms with van der Waals surface area (Å²) in [6.07, 6.45) is 1.69. The van der Waals surface area contributed by atoms with E-state index in [0.717, 1.165) is 16.9 Å². The topological polar surface area (TPSA) is 60.4 Å². The zero-order chi connectivity index (χ0) is 13.8. The minimum absolute atomic E-state index is 0.151. The Morgan fingerprint density at radius 2 is 1.89 bits per heavy atom. The lowest BCUT2D eigenvalue weighted by Crippen LogP contribution is -2.28.